The number of carbonyl (C=O) groups excluding carboxylic acids is 3. The summed E-state index contributed by atoms with van der Waals surface area (Å²) in [7, 11) is 0. The molecular weight excluding hydrogens is 949 g/mol. The highest BCUT2D eigenvalue weighted by molar-refractivity contribution is 5.71. The van der Waals surface area contributed by atoms with E-state index >= 15 is 0 Å². The topological polar surface area (TPSA) is 78.9 Å². The van der Waals surface area contributed by atoms with Crippen LogP contribution in [0.5, 0.6) is 0 Å². The Balaban J connectivity index is 4.35. The van der Waals surface area contributed by atoms with Crippen LogP contribution >= 0.6 is 0 Å². The molecule has 0 aromatic heterocycles. The Labute approximate surface area is 478 Å². The van der Waals surface area contributed by atoms with Crippen LogP contribution in [0.1, 0.15) is 342 Å². The van der Waals surface area contributed by atoms with E-state index in [1.54, 1.807) is 0 Å². The number of carbonyl (C=O) groups is 3. The van der Waals surface area contributed by atoms with Gasteiger partial charge in [-0.05, 0) is 109 Å². The van der Waals surface area contributed by atoms with E-state index in [-0.39, 0.29) is 31.1 Å². The van der Waals surface area contributed by atoms with E-state index in [2.05, 4.69) is 93.7 Å². The Bertz CT molecular complexity index is 1420. The van der Waals surface area contributed by atoms with Crippen LogP contribution in [0.25, 0.3) is 0 Å². The zero-order valence-corrected chi connectivity index (χ0v) is 51.2. The summed E-state index contributed by atoms with van der Waals surface area (Å²) in [6, 6.07) is 0. The normalized spacial score (nSPS) is 12.5. The van der Waals surface area contributed by atoms with Crippen molar-refractivity contribution < 1.29 is 28.6 Å². The van der Waals surface area contributed by atoms with Gasteiger partial charge in [0.25, 0.3) is 0 Å². The number of hydrogen-bond acceptors (Lipinski definition) is 6. The maximum Gasteiger partial charge on any atom is 0.306 e. The van der Waals surface area contributed by atoms with Crippen molar-refractivity contribution in [3.8, 4) is 0 Å². The van der Waals surface area contributed by atoms with Gasteiger partial charge in [-0.25, -0.2) is 0 Å². The molecule has 0 fully saturated rings. The minimum atomic E-state index is -0.785. The van der Waals surface area contributed by atoms with Crippen molar-refractivity contribution in [1.29, 1.82) is 0 Å². The molecule has 0 N–H and O–H groups in total. The van der Waals surface area contributed by atoms with Crippen LogP contribution in [0, 0.1) is 0 Å². The van der Waals surface area contributed by atoms with Crippen molar-refractivity contribution in [2.45, 2.75) is 348 Å². The minimum Gasteiger partial charge on any atom is -0.462 e. The summed E-state index contributed by atoms with van der Waals surface area (Å²) in [5, 5.41) is 0. The molecule has 0 aliphatic heterocycles. The number of esters is 3. The average Bonchev–Trinajstić information content (AvgIpc) is 3.43. The predicted molar refractivity (Wildman–Crippen MR) is 335 cm³/mol. The fourth-order valence-electron chi connectivity index (χ4n) is 9.66. The molecule has 6 nitrogen and oxygen atoms in total. The van der Waals surface area contributed by atoms with Gasteiger partial charge in [0, 0.05) is 19.3 Å². The molecule has 0 spiro atoms. The van der Waals surface area contributed by atoms with Crippen LogP contribution in [-0.2, 0) is 28.6 Å². The molecule has 446 valence electrons. The third-order valence-electron chi connectivity index (χ3n) is 14.7. The molecule has 77 heavy (non-hydrogen) atoms. The molecule has 0 aromatic carbocycles. The minimum absolute atomic E-state index is 0.0798. The van der Waals surface area contributed by atoms with Gasteiger partial charge in [-0.15, -0.1) is 0 Å². The van der Waals surface area contributed by atoms with Crippen LogP contribution in [0.3, 0.4) is 0 Å². The second-order valence-corrected chi connectivity index (χ2v) is 22.3. The number of ether oxygens (including phenoxy) is 3. The summed E-state index contributed by atoms with van der Waals surface area (Å²) in [4.78, 5) is 38.4. The van der Waals surface area contributed by atoms with Gasteiger partial charge in [-0.3, -0.25) is 14.4 Å². The first-order chi connectivity index (χ1) is 38.0. The molecule has 0 saturated carbocycles. The second-order valence-electron chi connectivity index (χ2n) is 22.3. The van der Waals surface area contributed by atoms with Crippen molar-refractivity contribution in [1.82, 2.24) is 0 Å². The van der Waals surface area contributed by atoms with Crippen molar-refractivity contribution in [2.75, 3.05) is 13.2 Å². The molecule has 0 radical (unpaired) electrons. The average molecular weight is 1080 g/mol. The van der Waals surface area contributed by atoms with E-state index in [0.29, 0.717) is 19.3 Å². The van der Waals surface area contributed by atoms with Gasteiger partial charge in [-0.2, -0.15) is 0 Å². The van der Waals surface area contributed by atoms with Crippen LogP contribution < -0.4 is 0 Å². The van der Waals surface area contributed by atoms with Crippen LogP contribution in [0.2, 0.25) is 0 Å². The summed E-state index contributed by atoms with van der Waals surface area (Å²) < 4.78 is 17.0. The largest absolute Gasteiger partial charge is 0.462 e. The van der Waals surface area contributed by atoms with Crippen molar-refractivity contribution in [3.63, 3.8) is 0 Å². The molecule has 0 amide bonds. The third kappa shape index (κ3) is 63.6. The smallest absolute Gasteiger partial charge is 0.306 e. The van der Waals surface area contributed by atoms with E-state index < -0.39 is 6.10 Å². The summed E-state index contributed by atoms with van der Waals surface area (Å²) in [5.41, 5.74) is 0. The molecule has 1 atom stereocenters. The van der Waals surface area contributed by atoms with Gasteiger partial charge in [0.2, 0.25) is 0 Å². The Morgan fingerprint density at radius 3 is 0.805 bits per heavy atom. The lowest BCUT2D eigenvalue weighted by Crippen LogP contribution is -2.30. The highest BCUT2D eigenvalue weighted by Gasteiger charge is 2.19. The van der Waals surface area contributed by atoms with E-state index in [1.165, 1.54) is 205 Å². The fraction of sp³-hybridized carbons (Fsp3) is 0.789. The van der Waals surface area contributed by atoms with Gasteiger partial charge in [-0.1, -0.05) is 286 Å². The quantitative estimate of drug-likeness (QED) is 0.0261. The Hall–Kier alpha value is -3.15. The Kier molecular flexibility index (Phi) is 62.7. The van der Waals surface area contributed by atoms with Gasteiger partial charge in [0.15, 0.2) is 6.10 Å². The molecule has 6 heteroatoms. The summed E-state index contributed by atoms with van der Waals surface area (Å²) in [5.74, 6) is -0.880. The molecule has 0 bridgehead atoms. The van der Waals surface area contributed by atoms with E-state index in [1.807, 2.05) is 0 Å². The lowest BCUT2D eigenvalue weighted by molar-refractivity contribution is -0.167. The Morgan fingerprint density at radius 1 is 0.273 bits per heavy atom. The molecule has 0 heterocycles. The standard InChI is InChI=1S/C71H126O6/c1-4-7-10-13-16-19-22-25-28-30-32-34-35-37-38-40-43-46-49-52-55-58-61-64-70(73)76-67-68(66-75-69(72)63-60-57-54-51-48-45-42-27-24-21-18-15-12-9-6-3)77-71(74)65-62-59-56-53-50-47-44-41-39-36-33-31-29-26-23-20-17-14-11-8-5-2/h8,11,17,20,26-27,29-30,32-33,36,42,68H,4-7,9-10,12-16,18-19,21-25,28,31,34-35,37-41,43-67H2,1-3H3/b11-8-,20-17-,29-26-,32-30-,36-33-,42-27-. The first-order valence-electron chi connectivity index (χ1n) is 33.4. The van der Waals surface area contributed by atoms with Gasteiger partial charge < -0.3 is 14.2 Å². The second kappa shape index (κ2) is 65.4. The highest BCUT2D eigenvalue weighted by Crippen LogP contribution is 2.17. The molecule has 1 unspecified atom stereocenters. The van der Waals surface area contributed by atoms with Crippen molar-refractivity contribution in [2.24, 2.45) is 0 Å². The van der Waals surface area contributed by atoms with Crippen molar-refractivity contribution in [3.05, 3.63) is 72.9 Å². The predicted octanol–water partition coefficient (Wildman–Crippen LogP) is 22.9. The van der Waals surface area contributed by atoms with Gasteiger partial charge >= 0.3 is 17.9 Å². The van der Waals surface area contributed by atoms with E-state index in [4.69, 9.17) is 14.2 Å². The monoisotopic (exact) mass is 1070 g/mol. The number of allylic oxidation sites excluding steroid dienone is 12. The molecule has 0 aliphatic carbocycles. The number of unbranched alkanes of at least 4 members (excludes halogenated alkanes) is 38. The lowest BCUT2D eigenvalue weighted by Gasteiger charge is -2.18. The number of rotatable bonds is 61. The SMILES string of the molecule is CC/C=C\C/C=C\C/C=C\C/C=C\CCCCCCCCCCC(=O)OC(COC(=O)CCCCCCC/C=C\CCCCCCCC)COC(=O)CCCCCCCCCCCCC/C=C\CCCCCCCCCC. The third-order valence-corrected chi connectivity index (χ3v) is 14.7. The lowest BCUT2D eigenvalue weighted by atomic mass is 10.0. The van der Waals surface area contributed by atoms with Gasteiger partial charge in [0.1, 0.15) is 13.2 Å². The molecule has 0 rings (SSSR count). The summed E-state index contributed by atoms with van der Waals surface area (Å²) >= 11 is 0. The molecule has 0 aliphatic rings. The first kappa shape index (κ1) is 73.8. The maximum atomic E-state index is 12.9. The van der Waals surface area contributed by atoms with Gasteiger partial charge in [0.05, 0.1) is 0 Å². The van der Waals surface area contributed by atoms with Crippen LogP contribution in [0.4, 0.5) is 0 Å². The fourth-order valence-corrected chi connectivity index (χ4v) is 9.66. The Morgan fingerprint density at radius 2 is 0.506 bits per heavy atom. The first-order valence-corrected chi connectivity index (χ1v) is 33.4. The summed E-state index contributed by atoms with van der Waals surface area (Å²) in [6.45, 7) is 6.55. The van der Waals surface area contributed by atoms with Crippen molar-refractivity contribution >= 4 is 17.9 Å². The zero-order valence-electron chi connectivity index (χ0n) is 51.2. The number of hydrogen-bond donors (Lipinski definition) is 0. The van der Waals surface area contributed by atoms with Crippen LogP contribution in [-0.4, -0.2) is 37.2 Å². The van der Waals surface area contributed by atoms with Crippen LogP contribution in [0.15, 0.2) is 72.9 Å². The highest BCUT2D eigenvalue weighted by atomic mass is 16.6. The summed E-state index contributed by atoms with van der Waals surface area (Å²) in [6.07, 6.45) is 84.8. The molecule has 0 aromatic rings. The molecule has 0 saturated heterocycles. The maximum absolute atomic E-state index is 12.9. The molecular formula is C71H126O6. The van der Waals surface area contributed by atoms with E-state index in [9.17, 15) is 14.4 Å². The van der Waals surface area contributed by atoms with E-state index in [0.717, 1.165) is 96.3 Å². The zero-order chi connectivity index (χ0) is 55.7.